The molecule has 0 spiro atoms. The Morgan fingerprint density at radius 3 is 2.25 bits per heavy atom. The van der Waals surface area contributed by atoms with Gasteiger partial charge in [-0.25, -0.2) is 0 Å². The van der Waals surface area contributed by atoms with Crippen LogP contribution in [0.3, 0.4) is 0 Å². The van der Waals surface area contributed by atoms with Crippen LogP contribution in [0.25, 0.3) is 0 Å². The predicted octanol–water partition coefficient (Wildman–Crippen LogP) is 2.05. The molecular formula is C12H19O6PS. The fourth-order valence-corrected chi connectivity index (χ4v) is 3.12. The first-order chi connectivity index (χ1) is 9.21. The number of aryl methyl sites for hydroxylation is 1. The highest BCUT2D eigenvalue weighted by atomic mass is 32.2. The number of benzene rings is 1. The summed E-state index contributed by atoms with van der Waals surface area (Å²) in [6.45, 7) is 1.87. The molecule has 1 aromatic rings. The Balaban J connectivity index is 2.34. The second-order valence-electron chi connectivity index (χ2n) is 4.54. The van der Waals surface area contributed by atoms with E-state index in [1.807, 2.05) is 6.92 Å². The van der Waals surface area contributed by atoms with Crippen LogP contribution in [0.15, 0.2) is 29.2 Å². The molecule has 0 saturated carbocycles. The van der Waals surface area contributed by atoms with Crippen LogP contribution in [0.1, 0.15) is 24.8 Å². The van der Waals surface area contributed by atoms with Crippen molar-refractivity contribution in [3.05, 3.63) is 29.8 Å². The molecular weight excluding hydrogens is 303 g/mol. The first-order valence-corrected chi connectivity index (χ1v) is 9.42. The molecule has 0 atom stereocenters. The number of hydrogen-bond donors (Lipinski definition) is 2. The summed E-state index contributed by atoms with van der Waals surface area (Å²) in [7, 11) is -7.70. The van der Waals surface area contributed by atoms with Gasteiger partial charge in [-0.05, 0) is 31.9 Å². The molecule has 0 fully saturated rings. The van der Waals surface area contributed by atoms with Crippen molar-refractivity contribution in [2.24, 2.45) is 0 Å². The van der Waals surface area contributed by atoms with Crippen molar-refractivity contribution < 1.29 is 27.0 Å². The summed E-state index contributed by atoms with van der Waals surface area (Å²) in [6, 6.07) is 6.35. The van der Waals surface area contributed by atoms with E-state index in [9.17, 15) is 13.0 Å². The van der Waals surface area contributed by atoms with Crippen molar-refractivity contribution in [1.29, 1.82) is 0 Å². The summed E-state index contributed by atoms with van der Waals surface area (Å²) in [5, 5.41) is 0. The lowest BCUT2D eigenvalue weighted by molar-refractivity contribution is 0.306. The number of rotatable bonds is 8. The zero-order valence-electron chi connectivity index (χ0n) is 11.2. The summed E-state index contributed by atoms with van der Waals surface area (Å²) >= 11 is 0. The second kappa shape index (κ2) is 7.33. The third-order valence-corrected chi connectivity index (χ3v) is 4.87. The molecule has 1 aromatic carbocycles. The van der Waals surface area contributed by atoms with E-state index >= 15 is 0 Å². The topological polar surface area (TPSA) is 101 Å². The Kier molecular flexibility index (Phi) is 6.36. The lowest BCUT2D eigenvalue weighted by atomic mass is 10.2. The van der Waals surface area contributed by atoms with E-state index in [4.69, 9.17) is 14.0 Å². The van der Waals surface area contributed by atoms with Crippen molar-refractivity contribution in [2.75, 3.05) is 12.8 Å². The number of unbranched alkanes of at least 4 members (excludes halogenated alkanes) is 2. The van der Waals surface area contributed by atoms with Gasteiger partial charge < -0.3 is 9.79 Å². The Morgan fingerprint density at radius 1 is 1.10 bits per heavy atom. The van der Waals surface area contributed by atoms with E-state index < -0.39 is 17.7 Å². The Labute approximate surface area is 119 Å². The molecule has 0 heterocycles. The quantitative estimate of drug-likeness (QED) is 0.431. The molecule has 114 valence electrons. The van der Waals surface area contributed by atoms with E-state index in [2.05, 4.69) is 0 Å². The highest BCUT2D eigenvalue weighted by Crippen LogP contribution is 2.35. The molecule has 0 amide bonds. The smallest absolute Gasteiger partial charge is 0.324 e. The van der Waals surface area contributed by atoms with Gasteiger partial charge >= 0.3 is 7.60 Å². The van der Waals surface area contributed by atoms with Crippen molar-refractivity contribution in [2.45, 2.75) is 31.1 Å². The number of hydrogen-bond acceptors (Lipinski definition) is 4. The van der Waals surface area contributed by atoms with E-state index in [1.165, 1.54) is 12.1 Å². The standard InChI is InChI=1S/C12H19O6PS/c1-11-5-7-12(8-6-11)20(16,17)18-9-3-2-4-10-19(13,14)15/h5-8H,2-4,9-10H2,1H3,(H2,13,14,15). The minimum Gasteiger partial charge on any atom is -0.324 e. The molecule has 0 unspecified atom stereocenters. The SMILES string of the molecule is Cc1ccc(S(=O)(=O)OCCCCCP(=O)(O)O)cc1. The molecule has 1 rings (SSSR count). The maximum Gasteiger partial charge on any atom is 0.325 e. The van der Waals surface area contributed by atoms with Gasteiger partial charge in [0.2, 0.25) is 0 Å². The zero-order chi connectivity index (χ0) is 15.2. The lowest BCUT2D eigenvalue weighted by Crippen LogP contribution is -2.07. The Bertz CT molecular complexity index is 560. The first-order valence-electron chi connectivity index (χ1n) is 6.21. The molecule has 0 aromatic heterocycles. The normalized spacial score (nSPS) is 12.6. The van der Waals surface area contributed by atoms with E-state index in [-0.39, 0.29) is 17.7 Å². The summed E-state index contributed by atoms with van der Waals surface area (Å²) in [6.07, 6.45) is 1.11. The summed E-state index contributed by atoms with van der Waals surface area (Å²) in [5.41, 5.74) is 0.960. The predicted molar refractivity (Wildman–Crippen MR) is 75.1 cm³/mol. The summed E-state index contributed by atoms with van der Waals surface area (Å²) in [5.74, 6) is 0. The van der Waals surface area contributed by atoms with Crippen LogP contribution >= 0.6 is 7.60 Å². The van der Waals surface area contributed by atoms with Crippen LogP contribution in [0.4, 0.5) is 0 Å². The molecule has 0 aliphatic carbocycles. The van der Waals surface area contributed by atoms with Crippen LogP contribution < -0.4 is 0 Å². The van der Waals surface area contributed by atoms with Crippen molar-refractivity contribution in [1.82, 2.24) is 0 Å². The van der Waals surface area contributed by atoms with Gasteiger partial charge in [0.05, 0.1) is 11.5 Å². The summed E-state index contributed by atoms with van der Waals surface area (Å²) < 4.78 is 39.0. The minimum atomic E-state index is -3.96. The van der Waals surface area contributed by atoms with Gasteiger partial charge in [-0.15, -0.1) is 0 Å². The van der Waals surface area contributed by atoms with E-state index in [1.54, 1.807) is 12.1 Å². The van der Waals surface area contributed by atoms with Gasteiger partial charge in [0, 0.05) is 6.16 Å². The Hall–Kier alpha value is -0.720. The largest absolute Gasteiger partial charge is 0.325 e. The van der Waals surface area contributed by atoms with E-state index in [0.29, 0.717) is 19.3 Å². The molecule has 8 heteroatoms. The molecule has 0 aliphatic heterocycles. The molecule has 0 bridgehead atoms. The van der Waals surface area contributed by atoms with Crippen LogP contribution in [-0.2, 0) is 18.9 Å². The molecule has 20 heavy (non-hydrogen) atoms. The zero-order valence-corrected chi connectivity index (χ0v) is 12.9. The fourth-order valence-electron chi connectivity index (χ4n) is 1.54. The second-order valence-corrected chi connectivity index (χ2v) is 7.93. The van der Waals surface area contributed by atoms with Crippen molar-refractivity contribution >= 4 is 17.7 Å². The first kappa shape index (κ1) is 17.3. The van der Waals surface area contributed by atoms with Crippen LogP contribution in [0, 0.1) is 6.92 Å². The van der Waals surface area contributed by atoms with Crippen molar-refractivity contribution in [3.8, 4) is 0 Å². The minimum absolute atomic E-state index is 0.0113. The van der Waals surface area contributed by atoms with E-state index in [0.717, 1.165) is 5.56 Å². The van der Waals surface area contributed by atoms with Crippen LogP contribution in [0.2, 0.25) is 0 Å². The maximum atomic E-state index is 11.8. The fraction of sp³-hybridized carbons (Fsp3) is 0.500. The van der Waals surface area contributed by atoms with Gasteiger partial charge in [-0.2, -0.15) is 8.42 Å². The maximum absolute atomic E-state index is 11.8. The van der Waals surface area contributed by atoms with Gasteiger partial charge in [0.1, 0.15) is 0 Å². The third kappa shape index (κ3) is 6.63. The monoisotopic (exact) mass is 322 g/mol. The van der Waals surface area contributed by atoms with Crippen molar-refractivity contribution in [3.63, 3.8) is 0 Å². The molecule has 0 radical (unpaired) electrons. The van der Waals surface area contributed by atoms with Gasteiger partial charge in [0.25, 0.3) is 10.1 Å². The average Bonchev–Trinajstić information content (AvgIpc) is 2.33. The Morgan fingerprint density at radius 2 is 1.70 bits per heavy atom. The van der Waals surface area contributed by atoms with Gasteiger partial charge in [-0.1, -0.05) is 24.1 Å². The van der Waals surface area contributed by atoms with Gasteiger partial charge in [-0.3, -0.25) is 8.75 Å². The molecule has 0 aliphatic rings. The molecule has 6 nitrogen and oxygen atoms in total. The third-order valence-electron chi connectivity index (χ3n) is 2.64. The van der Waals surface area contributed by atoms with Crippen LogP contribution in [0.5, 0.6) is 0 Å². The summed E-state index contributed by atoms with van der Waals surface area (Å²) in [4.78, 5) is 17.4. The lowest BCUT2D eigenvalue weighted by Gasteiger charge is -2.06. The van der Waals surface area contributed by atoms with Crippen LogP contribution in [-0.4, -0.2) is 31.0 Å². The molecule has 2 N–H and O–H groups in total. The highest BCUT2D eigenvalue weighted by molar-refractivity contribution is 7.86. The highest BCUT2D eigenvalue weighted by Gasteiger charge is 2.15. The van der Waals surface area contributed by atoms with Gasteiger partial charge in [0.15, 0.2) is 0 Å². The molecule has 0 saturated heterocycles. The average molecular weight is 322 g/mol.